The first-order valence-corrected chi connectivity index (χ1v) is 7.35. The van der Waals surface area contributed by atoms with Crippen LogP contribution in [-0.2, 0) is 13.1 Å². The summed E-state index contributed by atoms with van der Waals surface area (Å²) in [4.78, 5) is 2.09. The highest BCUT2D eigenvalue weighted by molar-refractivity contribution is 9.11. The summed E-state index contributed by atoms with van der Waals surface area (Å²) in [6, 6.07) is 8.50. The standard InChI is InChI=1S/C14H12BrFN2S/c1-18(8-12-5-14(15)19-9-12)7-11-2-10(6-17)3-13(16)4-11/h2-5,9H,7-8H2,1H3. The van der Waals surface area contributed by atoms with E-state index in [0.717, 1.165) is 15.9 Å². The minimum absolute atomic E-state index is 0.360. The molecule has 1 heterocycles. The van der Waals surface area contributed by atoms with E-state index >= 15 is 0 Å². The Labute approximate surface area is 124 Å². The molecular weight excluding hydrogens is 327 g/mol. The van der Waals surface area contributed by atoms with E-state index in [1.807, 2.05) is 13.1 Å². The van der Waals surface area contributed by atoms with Crippen LogP contribution in [0.1, 0.15) is 16.7 Å². The molecule has 19 heavy (non-hydrogen) atoms. The first-order valence-electron chi connectivity index (χ1n) is 5.68. The van der Waals surface area contributed by atoms with Gasteiger partial charge in [0, 0.05) is 13.1 Å². The summed E-state index contributed by atoms with van der Waals surface area (Å²) in [5.74, 6) is -0.360. The summed E-state index contributed by atoms with van der Waals surface area (Å²) >= 11 is 5.08. The Bertz CT molecular complexity index is 618. The number of nitrogens with zero attached hydrogens (tertiary/aromatic N) is 2. The highest BCUT2D eigenvalue weighted by Crippen LogP contribution is 2.22. The van der Waals surface area contributed by atoms with Crippen LogP contribution in [0.4, 0.5) is 4.39 Å². The lowest BCUT2D eigenvalue weighted by Gasteiger charge is -2.16. The number of thiophene rings is 1. The zero-order valence-corrected chi connectivity index (χ0v) is 12.8. The Kier molecular flexibility index (Phi) is 4.70. The van der Waals surface area contributed by atoms with Gasteiger partial charge in [0.05, 0.1) is 15.4 Å². The van der Waals surface area contributed by atoms with Gasteiger partial charge in [0.25, 0.3) is 0 Å². The molecule has 1 aromatic carbocycles. The molecule has 0 spiro atoms. The molecule has 0 unspecified atom stereocenters. The summed E-state index contributed by atoms with van der Waals surface area (Å²) < 4.78 is 14.4. The molecule has 0 aliphatic rings. The fraction of sp³-hybridized carbons (Fsp3) is 0.214. The van der Waals surface area contributed by atoms with Crippen molar-refractivity contribution in [2.45, 2.75) is 13.1 Å². The Morgan fingerprint density at radius 2 is 2.00 bits per heavy atom. The van der Waals surface area contributed by atoms with Crippen molar-refractivity contribution in [3.8, 4) is 6.07 Å². The number of benzene rings is 1. The van der Waals surface area contributed by atoms with Gasteiger partial charge in [0.1, 0.15) is 5.82 Å². The van der Waals surface area contributed by atoms with Gasteiger partial charge in [-0.1, -0.05) is 0 Å². The quantitative estimate of drug-likeness (QED) is 0.837. The minimum atomic E-state index is -0.360. The van der Waals surface area contributed by atoms with E-state index in [9.17, 15) is 4.39 Å². The molecule has 0 aliphatic carbocycles. The summed E-state index contributed by atoms with van der Waals surface area (Å²) in [5, 5.41) is 10.9. The lowest BCUT2D eigenvalue weighted by Crippen LogP contribution is -2.17. The second-order valence-corrected chi connectivity index (χ2v) is 6.68. The lowest BCUT2D eigenvalue weighted by molar-refractivity contribution is 0.319. The molecule has 0 amide bonds. The number of hydrogen-bond donors (Lipinski definition) is 0. The van der Waals surface area contributed by atoms with Crippen molar-refractivity contribution in [3.05, 3.63) is 55.9 Å². The molecule has 0 saturated carbocycles. The zero-order valence-electron chi connectivity index (χ0n) is 10.4. The summed E-state index contributed by atoms with van der Waals surface area (Å²) in [6.07, 6.45) is 0. The number of nitriles is 1. The molecule has 0 radical (unpaired) electrons. The van der Waals surface area contributed by atoms with Gasteiger partial charge in [-0.05, 0) is 63.8 Å². The van der Waals surface area contributed by atoms with Crippen molar-refractivity contribution in [2.24, 2.45) is 0 Å². The minimum Gasteiger partial charge on any atom is -0.298 e. The van der Waals surface area contributed by atoms with Crippen LogP contribution < -0.4 is 0 Å². The van der Waals surface area contributed by atoms with Crippen LogP contribution in [0, 0.1) is 17.1 Å². The molecule has 0 saturated heterocycles. The van der Waals surface area contributed by atoms with Gasteiger partial charge in [-0.15, -0.1) is 11.3 Å². The molecule has 0 N–H and O–H groups in total. The normalized spacial score (nSPS) is 10.7. The SMILES string of the molecule is CN(Cc1cc(F)cc(C#N)c1)Cc1csc(Br)c1. The molecule has 98 valence electrons. The van der Waals surface area contributed by atoms with Gasteiger partial charge in [0.2, 0.25) is 0 Å². The van der Waals surface area contributed by atoms with Gasteiger partial charge < -0.3 is 0 Å². The molecule has 2 nitrogen and oxygen atoms in total. The summed E-state index contributed by atoms with van der Waals surface area (Å²) in [5.41, 5.74) is 2.39. The van der Waals surface area contributed by atoms with E-state index in [2.05, 4.69) is 32.3 Å². The summed E-state index contributed by atoms with van der Waals surface area (Å²) in [6.45, 7) is 1.40. The fourth-order valence-corrected chi connectivity index (χ4v) is 3.11. The van der Waals surface area contributed by atoms with E-state index < -0.39 is 0 Å². The number of rotatable bonds is 4. The van der Waals surface area contributed by atoms with Gasteiger partial charge in [-0.25, -0.2) is 4.39 Å². The maximum absolute atomic E-state index is 13.3. The van der Waals surface area contributed by atoms with E-state index in [0.29, 0.717) is 12.1 Å². The van der Waals surface area contributed by atoms with Crippen LogP contribution in [0.3, 0.4) is 0 Å². The van der Waals surface area contributed by atoms with Gasteiger partial charge in [-0.2, -0.15) is 5.26 Å². The van der Waals surface area contributed by atoms with Gasteiger partial charge in [0.15, 0.2) is 0 Å². The molecule has 1 aromatic heterocycles. The zero-order chi connectivity index (χ0) is 13.8. The lowest BCUT2D eigenvalue weighted by atomic mass is 10.1. The van der Waals surface area contributed by atoms with Crippen LogP contribution in [0.15, 0.2) is 33.4 Å². The first-order chi connectivity index (χ1) is 9.06. The van der Waals surface area contributed by atoms with Crippen LogP contribution in [0.25, 0.3) is 0 Å². The summed E-state index contributed by atoms with van der Waals surface area (Å²) in [7, 11) is 1.97. The Morgan fingerprint density at radius 3 is 2.63 bits per heavy atom. The van der Waals surface area contributed by atoms with E-state index in [4.69, 9.17) is 5.26 Å². The molecule has 0 bridgehead atoms. The second-order valence-electron chi connectivity index (χ2n) is 4.39. The van der Waals surface area contributed by atoms with Crippen molar-refractivity contribution < 1.29 is 4.39 Å². The predicted octanol–water partition coefficient (Wildman–Crippen LogP) is 4.15. The Hall–Kier alpha value is -1.22. The van der Waals surface area contributed by atoms with Crippen molar-refractivity contribution >= 4 is 27.3 Å². The van der Waals surface area contributed by atoms with Crippen LogP contribution >= 0.6 is 27.3 Å². The molecule has 0 atom stereocenters. The van der Waals surface area contributed by atoms with Crippen molar-refractivity contribution in [3.63, 3.8) is 0 Å². The largest absolute Gasteiger partial charge is 0.298 e. The maximum atomic E-state index is 13.3. The highest BCUT2D eigenvalue weighted by Gasteiger charge is 2.06. The van der Waals surface area contributed by atoms with Crippen molar-refractivity contribution in [1.29, 1.82) is 5.26 Å². The van der Waals surface area contributed by atoms with Crippen molar-refractivity contribution in [1.82, 2.24) is 4.90 Å². The topological polar surface area (TPSA) is 27.0 Å². The smallest absolute Gasteiger partial charge is 0.124 e. The molecule has 2 rings (SSSR count). The third-order valence-electron chi connectivity index (χ3n) is 2.61. The third kappa shape index (κ3) is 4.13. The van der Waals surface area contributed by atoms with E-state index in [-0.39, 0.29) is 5.82 Å². The van der Waals surface area contributed by atoms with Crippen molar-refractivity contribution in [2.75, 3.05) is 7.05 Å². The van der Waals surface area contributed by atoms with Crippen LogP contribution in [0.5, 0.6) is 0 Å². The number of halogens is 2. The second kappa shape index (κ2) is 6.29. The average Bonchev–Trinajstić information content (AvgIpc) is 2.73. The fourth-order valence-electron chi connectivity index (χ4n) is 1.91. The molecule has 0 fully saturated rings. The molecular formula is C14H12BrFN2S. The molecule has 0 aliphatic heterocycles. The van der Waals surface area contributed by atoms with Crippen LogP contribution in [0.2, 0.25) is 0 Å². The average molecular weight is 339 g/mol. The third-order valence-corrected chi connectivity index (χ3v) is 4.17. The maximum Gasteiger partial charge on any atom is 0.124 e. The Morgan fingerprint density at radius 1 is 1.26 bits per heavy atom. The monoisotopic (exact) mass is 338 g/mol. The molecule has 5 heteroatoms. The first kappa shape index (κ1) is 14.2. The van der Waals surface area contributed by atoms with Gasteiger partial charge >= 0.3 is 0 Å². The Balaban J connectivity index is 2.04. The molecule has 2 aromatic rings. The van der Waals surface area contributed by atoms with E-state index in [1.165, 1.54) is 17.7 Å². The van der Waals surface area contributed by atoms with E-state index in [1.54, 1.807) is 17.4 Å². The van der Waals surface area contributed by atoms with Gasteiger partial charge in [-0.3, -0.25) is 4.90 Å². The highest BCUT2D eigenvalue weighted by atomic mass is 79.9. The number of hydrogen-bond acceptors (Lipinski definition) is 3. The predicted molar refractivity (Wildman–Crippen MR) is 78.3 cm³/mol. The van der Waals surface area contributed by atoms with Crippen LogP contribution in [-0.4, -0.2) is 11.9 Å².